The van der Waals surface area contributed by atoms with E-state index in [1.54, 1.807) is 12.1 Å². The molecule has 0 spiro atoms. The lowest BCUT2D eigenvalue weighted by atomic mass is 10.1. The number of benzene rings is 2. The molecule has 0 bridgehead atoms. The number of nitrogens with one attached hydrogen (secondary N) is 1. The first-order valence-corrected chi connectivity index (χ1v) is 7.46. The Morgan fingerprint density at radius 3 is 2.33 bits per heavy atom. The lowest BCUT2D eigenvalue weighted by Gasteiger charge is -2.16. The summed E-state index contributed by atoms with van der Waals surface area (Å²) < 4.78 is 27.7. The second-order valence-corrected chi connectivity index (χ2v) is 5.87. The first kappa shape index (κ1) is 16.5. The fourth-order valence-electron chi connectivity index (χ4n) is 1.80. The maximum atomic E-state index is 13.5. The van der Waals surface area contributed by atoms with Crippen LogP contribution in [-0.2, 0) is 0 Å². The lowest BCUT2D eigenvalue weighted by molar-refractivity contribution is 0.181. The average Bonchev–Trinajstić information content (AvgIpc) is 2.44. The molecule has 2 aromatic carbocycles. The minimum Gasteiger partial charge on any atom is -0.386 e. The maximum Gasteiger partial charge on any atom is 0.132 e. The molecule has 0 heterocycles. The van der Waals surface area contributed by atoms with E-state index in [2.05, 4.69) is 21.2 Å². The average molecular weight is 397 g/mol. The van der Waals surface area contributed by atoms with Gasteiger partial charge in [-0.05, 0) is 40.2 Å². The van der Waals surface area contributed by atoms with Gasteiger partial charge in [0.05, 0.1) is 21.3 Å². The van der Waals surface area contributed by atoms with E-state index in [4.69, 9.17) is 23.2 Å². The van der Waals surface area contributed by atoms with Gasteiger partial charge in [-0.25, -0.2) is 8.78 Å². The predicted molar refractivity (Wildman–Crippen MR) is 84.0 cm³/mol. The Balaban J connectivity index is 2.15. The quantitative estimate of drug-likeness (QED) is 0.698. The summed E-state index contributed by atoms with van der Waals surface area (Å²) >= 11 is 15.2. The second-order valence-electron chi connectivity index (χ2n) is 4.25. The fourth-order valence-corrected chi connectivity index (χ4v) is 2.64. The van der Waals surface area contributed by atoms with Gasteiger partial charge in [0.2, 0.25) is 0 Å². The first-order valence-electron chi connectivity index (χ1n) is 5.91. The molecular weight excluding hydrogens is 387 g/mol. The highest BCUT2D eigenvalue weighted by molar-refractivity contribution is 9.10. The van der Waals surface area contributed by atoms with Crippen LogP contribution in [0, 0.1) is 11.6 Å². The van der Waals surface area contributed by atoms with Gasteiger partial charge < -0.3 is 10.4 Å². The van der Waals surface area contributed by atoms with Crippen LogP contribution in [0.4, 0.5) is 14.5 Å². The van der Waals surface area contributed by atoms with Crippen molar-refractivity contribution in [2.24, 2.45) is 0 Å². The van der Waals surface area contributed by atoms with Gasteiger partial charge in [0.25, 0.3) is 0 Å². The SMILES string of the molecule is OC(CNc1ccc(Br)c(Cl)c1Cl)c1c(F)cccc1F. The maximum absolute atomic E-state index is 13.5. The second kappa shape index (κ2) is 6.92. The summed E-state index contributed by atoms with van der Waals surface area (Å²) in [6.07, 6.45) is -1.36. The molecule has 0 aliphatic heterocycles. The van der Waals surface area contributed by atoms with Crippen LogP contribution < -0.4 is 5.32 Å². The van der Waals surface area contributed by atoms with Crippen LogP contribution in [0.15, 0.2) is 34.8 Å². The monoisotopic (exact) mass is 395 g/mol. The molecule has 0 aliphatic rings. The van der Waals surface area contributed by atoms with E-state index >= 15 is 0 Å². The molecular formula is C14H10BrCl2F2NO. The first-order chi connectivity index (χ1) is 9.91. The fraction of sp³-hybridized carbons (Fsp3) is 0.143. The molecule has 0 saturated heterocycles. The molecule has 2 N–H and O–H groups in total. The molecule has 0 amide bonds. The summed E-state index contributed by atoms with van der Waals surface area (Å²) in [7, 11) is 0. The summed E-state index contributed by atoms with van der Waals surface area (Å²) in [6, 6.07) is 6.73. The zero-order chi connectivity index (χ0) is 15.6. The van der Waals surface area contributed by atoms with E-state index < -0.39 is 17.7 Å². The van der Waals surface area contributed by atoms with Crippen molar-refractivity contribution < 1.29 is 13.9 Å². The molecule has 0 fully saturated rings. The Labute approximate surface area is 138 Å². The van der Waals surface area contributed by atoms with E-state index in [-0.39, 0.29) is 17.1 Å². The van der Waals surface area contributed by atoms with Crippen molar-refractivity contribution in [3.8, 4) is 0 Å². The zero-order valence-electron chi connectivity index (χ0n) is 10.5. The van der Waals surface area contributed by atoms with Crippen LogP contribution in [0.2, 0.25) is 10.0 Å². The zero-order valence-corrected chi connectivity index (χ0v) is 13.6. The summed E-state index contributed by atoms with van der Waals surface area (Å²) in [5, 5.41) is 13.3. The number of aliphatic hydroxyl groups excluding tert-OH is 1. The number of rotatable bonds is 4. The Morgan fingerprint density at radius 2 is 1.71 bits per heavy atom. The Kier molecular flexibility index (Phi) is 5.43. The molecule has 112 valence electrons. The van der Waals surface area contributed by atoms with Crippen LogP contribution in [0.25, 0.3) is 0 Å². The third-order valence-corrected chi connectivity index (χ3v) is 4.62. The van der Waals surface area contributed by atoms with Gasteiger partial charge in [0.1, 0.15) is 17.7 Å². The van der Waals surface area contributed by atoms with Gasteiger partial charge in [0.15, 0.2) is 0 Å². The smallest absolute Gasteiger partial charge is 0.132 e. The van der Waals surface area contributed by atoms with Crippen LogP contribution in [0.3, 0.4) is 0 Å². The van der Waals surface area contributed by atoms with Crippen LogP contribution in [-0.4, -0.2) is 11.7 Å². The minimum absolute atomic E-state index is 0.116. The molecule has 0 aliphatic carbocycles. The van der Waals surface area contributed by atoms with E-state index in [1.807, 2.05) is 0 Å². The van der Waals surface area contributed by atoms with Crippen molar-refractivity contribution in [1.82, 2.24) is 0 Å². The third-order valence-electron chi connectivity index (χ3n) is 2.85. The van der Waals surface area contributed by atoms with E-state index in [1.165, 1.54) is 6.07 Å². The van der Waals surface area contributed by atoms with Crippen molar-refractivity contribution in [2.45, 2.75) is 6.10 Å². The highest BCUT2D eigenvalue weighted by Crippen LogP contribution is 2.36. The molecule has 0 radical (unpaired) electrons. The lowest BCUT2D eigenvalue weighted by Crippen LogP contribution is -2.15. The molecule has 21 heavy (non-hydrogen) atoms. The van der Waals surface area contributed by atoms with E-state index in [0.717, 1.165) is 12.1 Å². The molecule has 2 rings (SSSR count). The van der Waals surface area contributed by atoms with Crippen molar-refractivity contribution in [1.29, 1.82) is 0 Å². The topological polar surface area (TPSA) is 32.3 Å². The van der Waals surface area contributed by atoms with Crippen molar-refractivity contribution in [3.05, 3.63) is 62.0 Å². The van der Waals surface area contributed by atoms with Gasteiger partial charge in [-0.3, -0.25) is 0 Å². The molecule has 0 aromatic heterocycles. The molecule has 2 nitrogen and oxygen atoms in total. The van der Waals surface area contributed by atoms with Gasteiger partial charge >= 0.3 is 0 Å². The number of aliphatic hydroxyl groups is 1. The normalized spacial score (nSPS) is 12.3. The van der Waals surface area contributed by atoms with E-state index in [9.17, 15) is 13.9 Å². The van der Waals surface area contributed by atoms with Crippen molar-refractivity contribution >= 4 is 44.8 Å². The molecule has 1 atom stereocenters. The summed E-state index contributed by atoms with van der Waals surface area (Å²) in [6.45, 7) is -0.116. The van der Waals surface area contributed by atoms with Gasteiger partial charge in [-0.1, -0.05) is 29.3 Å². The molecule has 1 unspecified atom stereocenters. The van der Waals surface area contributed by atoms with Crippen molar-refractivity contribution in [3.63, 3.8) is 0 Å². The van der Waals surface area contributed by atoms with Crippen molar-refractivity contribution in [2.75, 3.05) is 11.9 Å². The third kappa shape index (κ3) is 3.66. The van der Waals surface area contributed by atoms with Gasteiger partial charge in [0, 0.05) is 11.0 Å². The number of halogens is 5. The largest absolute Gasteiger partial charge is 0.386 e. The van der Waals surface area contributed by atoms with Gasteiger partial charge in [-0.15, -0.1) is 0 Å². The summed E-state index contributed by atoms with van der Waals surface area (Å²) in [5.74, 6) is -1.60. The molecule has 0 saturated carbocycles. The minimum atomic E-state index is -1.36. The Morgan fingerprint density at radius 1 is 1.10 bits per heavy atom. The summed E-state index contributed by atoms with van der Waals surface area (Å²) in [5.41, 5.74) is 0.0741. The molecule has 7 heteroatoms. The number of hydrogen-bond acceptors (Lipinski definition) is 2. The highest BCUT2D eigenvalue weighted by atomic mass is 79.9. The standard InChI is InChI=1S/C14H10BrCl2F2NO/c15-7-4-5-10(14(17)13(7)16)20-6-11(21)12-8(18)2-1-3-9(12)19/h1-5,11,20-21H,6H2. The Bertz CT molecular complexity index is 649. The van der Waals surface area contributed by atoms with Crippen LogP contribution in [0.5, 0.6) is 0 Å². The molecule has 2 aromatic rings. The van der Waals surface area contributed by atoms with Gasteiger partial charge in [-0.2, -0.15) is 0 Å². The van der Waals surface area contributed by atoms with Crippen LogP contribution in [0.1, 0.15) is 11.7 Å². The highest BCUT2D eigenvalue weighted by Gasteiger charge is 2.18. The van der Waals surface area contributed by atoms with E-state index in [0.29, 0.717) is 15.2 Å². The number of anilines is 1. The van der Waals surface area contributed by atoms with Crippen LogP contribution >= 0.6 is 39.1 Å². The summed E-state index contributed by atoms with van der Waals surface area (Å²) in [4.78, 5) is 0. The number of hydrogen-bond donors (Lipinski definition) is 2. The predicted octanol–water partition coefficient (Wildman–Crippen LogP) is 5.18. The Hall–Kier alpha value is -0.880.